The Kier molecular flexibility index (Phi) is 7.60. The van der Waals surface area contributed by atoms with E-state index in [1.54, 1.807) is 29.8 Å². The van der Waals surface area contributed by atoms with Gasteiger partial charge in [-0.3, -0.25) is 14.9 Å². The fourth-order valence-electron chi connectivity index (χ4n) is 2.39. The van der Waals surface area contributed by atoms with Gasteiger partial charge in [-0.2, -0.15) is 0 Å². The summed E-state index contributed by atoms with van der Waals surface area (Å²) in [7, 11) is 1.74. The molecular weight excluding hydrogens is 489 g/mol. The van der Waals surface area contributed by atoms with Gasteiger partial charge in [-0.15, -0.1) is 10.2 Å². The predicted molar refractivity (Wildman–Crippen MR) is 119 cm³/mol. The summed E-state index contributed by atoms with van der Waals surface area (Å²) in [6.45, 7) is 0.117. The first-order valence-corrected chi connectivity index (χ1v) is 10.7. The molecule has 0 atom stereocenters. The highest BCUT2D eigenvalue weighted by Crippen LogP contribution is 2.29. The minimum Gasteiger partial charge on any atom is -0.484 e. The molecule has 31 heavy (non-hydrogen) atoms. The van der Waals surface area contributed by atoms with Crippen LogP contribution in [0.5, 0.6) is 5.75 Å². The second kappa shape index (κ2) is 10.2. The number of carbonyl (C=O) groups is 1. The molecule has 1 N–H and O–H groups in total. The number of rotatable bonds is 8. The van der Waals surface area contributed by atoms with Crippen molar-refractivity contribution in [2.75, 3.05) is 11.1 Å². The van der Waals surface area contributed by atoms with Gasteiger partial charge in [0.2, 0.25) is 5.91 Å². The molecule has 0 saturated heterocycles. The predicted octanol–water partition coefficient (Wildman–Crippen LogP) is 4.99. The Morgan fingerprint density at radius 1 is 1.19 bits per heavy atom. The monoisotopic (exact) mass is 501 g/mol. The molecule has 0 radical (unpaired) electrons. The Morgan fingerprint density at radius 3 is 2.68 bits per heavy atom. The molecule has 0 unspecified atom stereocenters. The van der Waals surface area contributed by atoms with Crippen LogP contribution in [0.3, 0.4) is 0 Å². The number of nitrogens with zero attached hydrogens (tertiary/aromatic N) is 4. The number of nitro benzene ring substituents is 1. The molecule has 1 aromatic heterocycles. The van der Waals surface area contributed by atoms with Crippen molar-refractivity contribution in [3.05, 3.63) is 67.4 Å². The summed E-state index contributed by atoms with van der Waals surface area (Å²) in [6.07, 6.45) is 0. The Labute approximate surface area is 195 Å². The Hall–Kier alpha value is -2.53. The zero-order valence-electron chi connectivity index (χ0n) is 15.8. The van der Waals surface area contributed by atoms with Gasteiger partial charge in [-0.25, -0.2) is 0 Å². The van der Waals surface area contributed by atoms with Gasteiger partial charge in [0, 0.05) is 23.8 Å². The number of hydrogen-bond acceptors (Lipinski definition) is 7. The highest BCUT2D eigenvalue weighted by Gasteiger charge is 2.16. The smallest absolute Gasteiger partial charge is 0.289 e. The van der Waals surface area contributed by atoms with Crippen LogP contribution in [0, 0.1) is 10.1 Å². The standard InChI is InChI=1S/C18H14Cl3N5O4S/c1-25-16(8-30-15-5-2-10(19)6-13(15)21)23-24-18(25)31-9-17(27)22-11-3-4-12(20)14(7-11)26(28)29/h2-7H,8-9H2,1H3,(H,22,27). The molecule has 1 heterocycles. The van der Waals surface area contributed by atoms with E-state index in [1.165, 1.54) is 18.2 Å². The summed E-state index contributed by atoms with van der Waals surface area (Å²) in [5.74, 6) is 0.643. The zero-order valence-corrected chi connectivity index (χ0v) is 18.9. The molecule has 13 heteroatoms. The van der Waals surface area contributed by atoms with Gasteiger partial charge in [-0.05, 0) is 30.3 Å². The Bertz CT molecular complexity index is 1140. The van der Waals surface area contributed by atoms with E-state index in [9.17, 15) is 14.9 Å². The van der Waals surface area contributed by atoms with Crippen LogP contribution >= 0.6 is 46.6 Å². The van der Waals surface area contributed by atoms with E-state index in [0.29, 0.717) is 26.8 Å². The number of anilines is 1. The van der Waals surface area contributed by atoms with E-state index in [2.05, 4.69) is 15.5 Å². The van der Waals surface area contributed by atoms with E-state index in [1.807, 2.05) is 0 Å². The molecule has 0 aliphatic heterocycles. The molecule has 0 saturated carbocycles. The first kappa shape index (κ1) is 23.1. The lowest BCUT2D eigenvalue weighted by molar-refractivity contribution is -0.384. The largest absolute Gasteiger partial charge is 0.484 e. The van der Waals surface area contributed by atoms with Crippen LogP contribution in [-0.4, -0.2) is 31.3 Å². The normalized spacial score (nSPS) is 10.7. The molecule has 0 bridgehead atoms. The van der Waals surface area contributed by atoms with Crippen molar-refractivity contribution in [3.8, 4) is 5.75 Å². The topological polar surface area (TPSA) is 112 Å². The molecule has 3 rings (SSSR count). The quantitative estimate of drug-likeness (QED) is 0.262. The van der Waals surface area contributed by atoms with E-state index in [4.69, 9.17) is 39.5 Å². The molecule has 9 nitrogen and oxygen atoms in total. The number of thioether (sulfide) groups is 1. The van der Waals surface area contributed by atoms with E-state index in [0.717, 1.165) is 11.8 Å². The van der Waals surface area contributed by atoms with Crippen LogP contribution in [0.4, 0.5) is 11.4 Å². The maximum atomic E-state index is 12.2. The van der Waals surface area contributed by atoms with Crippen molar-refractivity contribution in [2.45, 2.75) is 11.8 Å². The van der Waals surface area contributed by atoms with Gasteiger partial charge in [0.25, 0.3) is 5.69 Å². The maximum absolute atomic E-state index is 12.2. The lowest BCUT2D eigenvalue weighted by atomic mass is 10.3. The van der Waals surface area contributed by atoms with Crippen molar-refractivity contribution < 1.29 is 14.5 Å². The summed E-state index contributed by atoms with van der Waals surface area (Å²) in [5, 5.41) is 23.0. The molecule has 3 aromatic rings. The van der Waals surface area contributed by atoms with Gasteiger partial charge in [0.05, 0.1) is 15.7 Å². The highest BCUT2D eigenvalue weighted by atomic mass is 35.5. The molecule has 2 aromatic carbocycles. The van der Waals surface area contributed by atoms with Crippen LogP contribution in [0.2, 0.25) is 15.1 Å². The highest BCUT2D eigenvalue weighted by molar-refractivity contribution is 7.99. The van der Waals surface area contributed by atoms with Crippen molar-refractivity contribution in [1.29, 1.82) is 0 Å². The molecule has 0 spiro atoms. The summed E-state index contributed by atoms with van der Waals surface area (Å²) in [5.41, 5.74) is -0.0144. The number of benzene rings is 2. The number of halogens is 3. The molecular formula is C18H14Cl3N5O4S. The second-order valence-corrected chi connectivity index (χ2v) is 8.27. The summed E-state index contributed by atoms with van der Waals surface area (Å²) < 4.78 is 7.34. The molecule has 162 valence electrons. The third kappa shape index (κ3) is 6.01. The lowest BCUT2D eigenvalue weighted by Gasteiger charge is -2.08. The van der Waals surface area contributed by atoms with Gasteiger partial charge in [-0.1, -0.05) is 46.6 Å². The van der Waals surface area contributed by atoms with E-state index >= 15 is 0 Å². The van der Waals surface area contributed by atoms with Gasteiger partial charge >= 0.3 is 0 Å². The summed E-state index contributed by atoms with van der Waals surface area (Å²) in [6, 6.07) is 8.92. The minimum absolute atomic E-state index is 0.00825. The van der Waals surface area contributed by atoms with Crippen molar-refractivity contribution in [2.24, 2.45) is 7.05 Å². The number of aromatic nitrogens is 3. The number of carbonyl (C=O) groups excluding carboxylic acids is 1. The molecule has 0 aliphatic carbocycles. The van der Waals surface area contributed by atoms with Crippen LogP contribution in [0.25, 0.3) is 0 Å². The Morgan fingerprint density at radius 2 is 1.97 bits per heavy atom. The lowest BCUT2D eigenvalue weighted by Crippen LogP contribution is -2.14. The summed E-state index contributed by atoms with van der Waals surface area (Å²) in [4.78, 5) is 22.5. The van der Waals surface area contributed by atoms with Crippen molar-refractivity contribution in [1.82, 2.24) is 14.8 Å². The number of ether oxygens (including phenoxy) is 1. The summed E-state index contributed by atoms with van der Waals surface area (Å²) >= 11 is 18.9. The number of amides is 1. The van der Waals surface area contributed by atoms with Crippen LogP contribution in [0.1, 0.15) is 5.82 Å². The number of hydrogen-bond donors (Lipinski definition) is 1. The zero-order chi connectivity index (χ0) is 22.5. The van der Waals surface area contributed by atoms with E-state index < -0.39 is 4.92 Å². The second-order valence-electron chi connectivity index (χ2n) is 6.08. The van der Waals surface area contributed by atoms with Crippen molar-refractivity contribution >= 4 is 63.8 Å². The average molecular weight is 503 g/mol. The third-order valence-electron chi connectivity index (χ3n) is 3.93. The Balaban J connectivity index is 1.56. The fourth-order valence-corrected chi connectivity index (χ4v) is 3.77. The fraction of sp³-hybridized carbons (Fsp3) is 0.167. The SMILES string of the molecule is Cn1c(COc2ccc(Cl)cc2Cl)nnc1SCC(=O)Nc1ccc(Cl)c([N+](=O)[O-])c1. The van der Waals surface area contributed by atoms with Gasteiger partial charge in [0.1, 0.15) is 17.4 Å². The molecule has 1 amide bonds. The van der Waals surface area contributed by atoms with Gasteiger partial charge < -0.3 is 14.6 Å². The molecule has 0 aliphatic rings. The number of nitrogens with one attached hydrogen (secondary N) is 1. The third-order valence-corrected chi connectivity index (χ3v) is 5.81. The number of nitro groups is 1. The van der Waals surface area contributed by atoms with E-state index in [-0.39, 0.29) is 34.7 Å². The average Bonchev–Trinajstić information content (AvgIpc) is 3.06. The molecule has 0 fully saturated rings. The maximum Gasteiger partial charge on any atom is 0.289 e. The van der Waals surface area contributed by atoms with Crippen LogP contribution in [-0.2, 0) is 18.4 Å². The first-order valence-electron chi connectivity index (χ1n) is 8.57. The minimum atomic E-state index is -0.618. The van der Waals surface area contributed by atoms with Crippen molar-refractivity contribution in [3.63, 3.8) is 0 Å². The first-order chi connectivity index (χ1) is 14.7. The van der Waals surface area contributed by atoms with Crippen LogP contribution < -0.4 is 10.1 Å². The van der Waals surface area contributed by atoms with Crippen LogP contribution in [0.15, 0.2) is 41.6 Å². The van der Waals surface area contributed by atoms with Gasteiger partial charge in [0.15, 0.2) is 11.0 Å².